The van der Waals surface area contributed by atoms with Gasteiger partial charge in [0.15, 0.2) is 6.61 Å². The monoisotopic (exact) mass is 466 g/mol. The van der Waals surface area contributed by atoms with Crippen LogP contribution in [0, 0.1) is 6.92 Å². The second-order valence-electron chi connectivity index (χ2n) is 9.75. The number of pyridine rings is 1. The van der Waals surface area contributed by atoms with Crippen LogP contribution in [0.25, 0.3) is 22.5 Å². The number of hydrogen-bond acceptors (Lipinski definition) is 7. The summed E-state index contributed by atoms with van der Waals surface area (Å²) in [6.07, 6.45) is -3.93. The van der Waals surface area contributed by atoms with E-state index in [-0.39, 0.29) is 17.7 Å². The van der Waals surface area contributed by atoms with E-state index in [9.17, 15) is 18.3 Å². The predicted molar refractivity (Wildman–Crippen MR) is 119 cm³/mol. The predicted octanol–water partition coefficient (Wildman–Crippen LogP) is 5.40. The molecule has 180 valence electrons. The van der Waals surface area contributed by atoms with Crippen molar-refractivity contribution in [3.8, 4) is 17.3 Å². The van der Waals surface area contributed by atoms with Gasteiger partial charge >= 0.3 is 12.2 Å². The lowest BCUT2D eigenvalue weighted by Gasteiger charge is -2.23. The molecule has 0 bridgehead atoms. The van der Waals surface area contributed by atoms with Crippen LogP contribution in [0.4, 0.5) is 19.2 Å². The van der Waals surface area contributed by atoms with Crippen molar-refractivity contribution in [1.29, 1.82) is 0 Å². The van der Waals surface area contributed by atoms with Crippen LogP contribution in [-0.2, 0) is 5.41 Å². The molecule has 7 nitrogen and oxygen atoms in total. The zero-order valence-electron chi connectivity index (χ0n) is 19.6. The molecule has 0 aliphatic heterocycles. The number of ether oxygens (including phenoxy) is 1. The molecule has 0 saturated heterocycles. The number of aryl methyl sites for hydroxylation is 1. The van der Waals surface area contributed by atoms with Gasteiger partial charge in [0.25, 0.3) is 5.89 Å². The smallest absolute Gasteiger partial charge is 0.422 e. The number of alkyl halides is 3. The largest absolute Gasteiger partial charge is 0.484 e. The summed E-state index contributed by atoms with van der Waals surface area (Å²) in [7, 11) is 0. The van der Waals surface area contributed by atoms with Crippen molar-refractivity contribution in [2.75, 3.05) is 18.5 Å². The first-order chi connectivity index (χ1) is 15.1. The zero-order chi connectivity index (χ0) is 24.6. The quantitative estimate of drug-likeness (QED) is 0.481. The van der Waals surface area contributed by atoms with Crippen LogP contribution in [0.2, 0.25) is 0 Å². The highest BCUT2D eigenvalue weighted by atomic mass is 19.4. The van der Waals surface area contributed by atoms with Gasteiger partial charge < -0.3 is 19.6 Å². The van der Waals surface area contributed by atoms with Gasteiger partial charge in [-0.2, -0.15) is 13.2 Å². The van der Waals surface area contributed by atoms with Gasteiger partial charge in [-0.3, -0.25) is 0 Å². The molecule has 0 spiro atoms. The zero-order valence-corrected chi connectivity index (χ0v) is 19.6. The maximum absolute atomic E-state index is 12.7. The molecule has 0 atom stereocenters. The average Bonchev–Trinajstić information content (AvgIpc) is 3.12. The summed E-state index contributed by atoms with van der Waals surface area (Å²) in [6.45, 7) is 10.2. The summed E-state index contributed by atoms with van der Waals surface area (Å²) in [5.74, 6) is 0.349. The second kappa shape index (κ2) is 8.81. The maximum atomic E-state index is 12.7. The Morgan fingerprint density at radius 1 is 1.06 bits per heavy atom. The molecule has 2 aromatic heterocycles. The minimum absolute atomic E-state index is 0.137. The van der Waals surface area contributed by atoms with Crippen molar-refractivity contribution in [2.45, 2.75) is 65.2 Å². The number of fused-ring (bicyclic) bond motifs is 1. The molecular formula is C23H29F3N4O3. The standard InChI is InChI=1S/C23H29F3N4O3/c1-13-9-17(19-29-30-20(33-19)27-8-7-22(5,6)31)28-18-15(13)10-14(32-12-23(24,25)26)11-16(18)21(2,3)4/h9-11,31H,7-8,12H2,1-6H3,(H,27,30). The van der Waals surface area contributed by atoms with E-state index in [1.54, 1.807) is 32.0 Å². The lowest BCUT2D eigenvalue weighted by atomic mass is 9.84. The van der Waals surface area contributed by atoms with Gasteiger partial charge in [-0.05, 0) is 61.9 Å². The molecule has 3 rings (SSSR count). The fourth-order valence-electron chi connectivity index (χ4n) is 3.27. The Kier molecular flexibility index (Phi) is 6.61. The van der Waals surface area contributed by atoms with Crippen LogP contribution in [0.5, 0.6) is 5.75 Å². The summed E-state index contributed by atoms with van der Waals surface area (Å²) in [5.41, 5.74) is 1.38. The second-order valence-corrected chi connectivity index (χ2v) is 9.75. The molecule has 0 unspecified atom stereocenters. The third-order valence-electron chi connectivity index (χ3n) is 4.96. The van der Waals surface area contributed by atoms with Crippen molar-refractivity contribution >= 4 is 16.9 Å². The molecule has 0 saturated carbocycles. The third-order valence-corrected chi connectivity index (χ3v) is 4.96. The van der Waals surface area contributed by atoms with E-state index in [0.717, 1.165) is 11.1 Å². The van der Waals surface area contributed by atoms with Gasteiger partial charge in [-0.15, -0.1) is 5.10 Å². The van der Waals surface area contributed by atoms with Gasteiger partial charge in [0.2, 0.25) is 0 Å². The highest BCUT2D eigenvalue weighted by molar-refractivity contribution is 5.89. The van der Waals surface area contributed by atoms with Crippen molar-refractivity contribution < 1.29 is 27.4 Å². The number of nitrogens with zero attached hydrogens (tertiary/aromatic N) is 3. The van der Waals surface area contributed by atoms with Gasteiger partial charge in [-0.1, -0.05) is 25.9 Å². The van der Waals surface area contributed by atoms with Gasteiger partial charge in [0, 0.05) is 11.9 Å². The highest BCUT2D eigenvalue weighted by Crippen LogP contribution is 2.36. The maximum Gasteiger partial charge on any atom is 0.422 e. The summed E-state index contributed by atoms with van der Waals surface area (Å²) in [4.78, 5) is 4.71. The number of halogens is 3. The number of hydrogen-bond donors (Lipinski definition) is 2. The fraction of sp³-hybridized carbons (Fsp3) is 0.522. The van der Waals surface area contributed by atoms with Crippen LogP contribution in [0.1, 0.15) is 52.2 Å². The minimum atomic E-state index is -4.43. The van der Waals surface area contributed by atoms with Crippen molar-refractivity contribution in [1.82, 2.24) is 15.2 Å². The lowest BCUT2D eigenvalue weighted by molar-refractivity contribution is -0.153. The molecular weight excluding hydrogens is 437 g/mol. The van der Waals surface area contributed by atoms with Crippen molar-refractivity contribution in [3.05, 3.63) is 29.3 Å². The Labute approximate surface area is 190 Å². The van der Waals surface area contributed by atoms with E-state index in [1.807, 2.05) is 27.7 Å². The van der Waals surface area contributed by atoms with E-state index in [1.165, 1.54) is 0 Å². The average molecular weight is 467 g/mol. The first-order valence-electron chi connectivity index (χ1n) is 10.6. The van der Waals surface area contributed by atoms with E-state index in [2.05, 4.69) is 15.5 Å². The van der Waals surface area contributed by atoms with Crippen molar-refractivity contribution in [2.24, 2.45) is 0 Å². The molecule has 1 aromatic carbocycles. The fourth-order valence-corrected chi connectivity index (χ4v) is 3.27. The molecule has 0 amide bonds. The molecule has 3 aromatic rings. The number of nitrogens with one attached hydrogen (secondary N) is 1. The molecule has 33 heavy (non-hydrogen) atoms. The van der Waals surface area contributed by atoms with Gasteiger partial charge in [-0.25, -0.2) is 4.98 Å². The topological polar surface area (TPSA) is 93.3 Å². The molecule has 2 heterocycles. The first kappa shape index (κ1) is 24.8. The Balaban J connectivity index is 1.98. The number of rotatable bonds is 7. The first-order valence-corrected chi connectivity index (χ1v) is 10.6. The minimum Gasteiger partial charge on any atom is -0.484 e. The third kappa shape index (κ3) is 6.56. The number of benzene rings is 1. The molecule has 0 aliphatic rings. The Morgan fingerprint density at radius 3 is 2.36 bits per heavy atom. The summed E-state index contributed by atoms with van der Waals surface area (Å²) in [5, 5.41) is 21.5. The Bertz CT molecular complexity index is 1130. The van der Waals surface area contributed by atoms with Crippen molar-refractivity contribution in [3.63, 3.8) is 0 Å². The van der Waals surface area contributed by atoms with E-state index < -0.39 is 23.8 Å². The Morgan fingerprint density at radius 2 is 1.76 bits per heavy atom. The normalized spacial score (nSPS) is 12.9. The molecule has 0 radical (unpaired) electrons. The van der Waals surface area contributed by atoms with Crippen LogP contribution < -0.4 is 10.1 Å². The van der Waals surface area contributed by atoms with E-state index >= 15 is 0 Å². The lowest BCUT2D eigenvalue weighted by Crippen LogP contribution is -2.22. The van der Waals surface area contributed by atoms with Crippen LogP contribution in [0.3, 0.4) is 0 Å². The van der Waals surface area contributed by atoms with Crippen LogP contribution >= 0.6 is 0 Å². The molecule has 10 heteroatoms. The number of aromatic nitrogens is 3. The summed E-state index contributed by atoms with van der Waals surface area (Å²) < 4.78 is 48.7. The number of aliphatic hydroxyl groups is 1. The number of anilines is 1. The highest BCUT2D eigenvalue weighted by Gasteiger charge is 2.29. The molecule has 0 fully saturated rings. The Hall–Kier alpha value is -2.88. The SMILES string of the molecule is Cc1cc(-c2nnc(NCCC(C)(C)O)o2)nc2c(C(C)(C)C)cc(OCC(F)(F)F)cc12. The van der Waals surface area contributed by atoms with E-state index in [0.29, 0.717) is 29.6 Å². The summed E-state index contributed by atoms with van der Waals surface area (Å²) >= 11 is 0. The van der Waals surface area contributed by atoms with Crippen LogP contribution in [-0.4, -0.2) is 45.2 Å². The molecule has 2 N–H and O–H groups in total. The molecule has 0 aliphatic carbocycles. The van der Waals surface area contributed by atoms with Gasteiger partial charge in [0.05, 0.1) is 11.1 Å². The van der Waals surface area contributed by atoms with E-state index in [4.69, 9.17) is 14.1 Å². The van der Waals surface area contributed by atoms with Gasteiger partial charge in [0.1, 0.15) is 11.4 Å². The summed E-state index contributed by atoms with van der Waals surface area (Å²) in [6, 6.07) is 5.12. The van der Waals surface area contributed by atoms with Crippen LogP contribution in [0.15, 0.2) is 22.6 Å².